The molecule has 11 nitrogen and oxygen atoms in total. The number of benzene rings is 4. The van der Waals surface area contributed by atoms with Crippen LogP contribution >= 0.6 is 0 Å². The van der Waals surface area contributed by atoms with E-state index < -0.39 is 20.0 Å². The first-order valence-corrected chi connectivity index (χ1v) is 25.6. The van der Waals surface area contributed by atoms with Gasteiger partial charge in [-0.1, -0.05) is 102 Å². The molecule has 0 spiro atoms. The van der Waals surface area contributed by atoms with Crippen molar-refractivity contribution in [2.75, 3.05) is 23.8 Å². The number of carbonyl (C=O) groups excluding carboxylic acids is 2. The number of rotatable bonds is 15. The van der Waals surface area contributed by atoms with Crippen LogP contribution in [0.3, 0.4) is 0 Å². The molecule has 5 aromatic rings. The summed E-state index contributed by atoms with van der Waals surface area (Å²) in [5.74, 6) is 0.0341. The number of amides is 2. The summed E-state index contributed by atoms with van der Waals surface area (Å²) in [7, 11) is -0.421. The lowest BCUT2D eigenvalue weighted by Gasteiger charge is -2.47. The predicted octanol–water partition coefficient (Wildman–Crippen LogP) is 11.0. The molecular weight excluding hydrogens is 819 g/mol. The molecule has 1 atom stereocenters. The van der Waals surface area contributed by atoms with Gasteiger partial charge in [0.25, 0.3) is 0 Å². The number of H-pyrrole nitrogens is 1. The molecule has 12 heteroatoms. The van der Waals surface area contributed by atoms with Crippen LogP contribution in [0.2, 0.25) is 18.1 Å². The first-order valence-electron chi connectivity index (χ1n) is 22.7. The molecular formula is C52H69N5O6Si. The topological polar surface area (TPSA) is 159 Å². The molecule has 6 rings (SSSR count). The molecule has 1 fully saturated rings. The molecule has 0 aliphatic heterocycles. The number of hydrogen-bond acceptors (Lipinski definition) is 8. The average molecular weight is 888 g/mol. The smallest absolute Gasteiger partial charge is 0.412 e. The average Bonchev–Trinajstić information content (AvgIpc) is 3.24. The molecule has 0 bridgehead atoms. The van der Waals surface area contributed by atoms with E-state index in [2.05, 4.69) is 76.3 Å². The Labute approximate surface area is 380 Å². The molecule has 64 heavy (non-hydrogen) atoms. The van der Waals surface area contributed by atoms with Crippen LogP contribution in [0, 0.1) is 5.41 Å². The number of aromatic amines is 1. The van der Waals surface area contributed by atoms with Gasteiger partial charge in [0.1, 0.15) is 11.4 Å². The van der Waals surface area contributed by atoms with E-state index in [1.807, 2.05) is 72.8 Å². The number of phenolic OH excluding ortho intramolecular Hbond substituents is 1. The maximum absolute atomic E-state index is 13.7. The Kier molecular flexibility index (Phi) is 14.9. The van der Waals surface area contributed by atoms with Crippen LogP contribution in [0.15, 0.2) is 102 Å². The number of carbonyl (C=O) groups is 2. The van der Waals surface area contributed by atoms with E-state index in [-0.39, 0.29) is 39.8 Å². The van der Waals surface area contributed by atoms with Crippen LogP contribution in [0.25, 0.3) is 22.0 Å². The molecule has 2 amide bonds. The Hall–Kier alpha value is -5.27. The van der Waals surface area contributed by atoms with Crippen molar-refractivity contribution < 1.29 is 23.9 Å². The number of anilines is 2. The Morgan fingerprint density at radius 1 is 0.922 bits per heavy atom. The number of hydrogen-bond donors (Lipinski definition) is 5. The number of fused-ring (bicyclic) bond motifs is 1. The Balaban J connectivity index is 1.07. The second-order valence-electron chi connectivity index (χ2n) is 20.1. The SMILES string of the molecule is CN(C(=O)CCCc1ccc(-c2ccccc2)c(NC(=O)O[C@]2(C(C)(C)C)CC[C@@H](N)CC2)c1)c1ccc(CNC[C@H](O[Si](C)(C)C(C)(C)C)c2ccc(O)c3[nH]c(=O)ccc23)cc1. The number of ether oxygens (including phenoxy) is 1. The van der Waals surface area contributed by atoms with E-state index in [9.17, 15) is 19.5 Å². The van der Waals surface area contributed by atoms with E-state index >= 15 is 0 Å². The van der Waals surface area contributed by atoms with Crippen molar-refractivity contribution in [2.45, 2.75) is 129 Å². The van der Waals surface area contributed by atoms with Crippen LogP contribution in [0.5, 0.6) is 5.75 Å². The van der Waals surface area contributed by atoms with Crippen molar-refractivity contribution in [2.24, 2.45) is 11.1 Å². The van der Waals surface area contributed by atoms with Gasteiger partial charge in [-0.3, -0.25) is 14.9 Å². The number of aromatic hydroxyl groups is 1. The van der Waals surface area contributed by atoms with Gasteiger partial charge in [0.15, 0.2) is 8.32 Å². The van der Waals surface area contributed by atoms with Crippen LogP contribution < -0.4 is 26.8 Å². The van der Waals surface area contributed by atoms with Crippen molar-refractivity contribution in [3.63, 3.8) is 0 Å². The molecule has 342 valence electrons. The highest BCUT2D eigenvalue weighted by atomic mass is 28.4. The van der Waals surface area contributed by atoms with E-state index in [1.54, 1.807) is 24.1 Å². The van der Waals surface area contributed by atoms with Crippen LogP contribution in [-0.4, -0.2) is 55.6 Å². The summed E-state index contributed by atoms with van der Waals surface area (Å²) in [4.78, 5) is 43.8. The molecule has 4 aromatic carbocycles. The van der Waals surface area contributed by atoms with Gasteiger partial charge >= 0.3 is 6.09 Å². The molecule has 1 aliphatic carbocycles. The Morgan fingerprint density at radius 2 is 1.59 bits per heavy atom. The summed E-state index contributed by atoms with van der Waals surface area (Å²) in [6.07, 6.45) is 3.93. The summed E-state index contributed by atoms with van der Waals surface area (Å²) in [5, 5.41) is 18.0. The number of pyridine rings is 1. The minimum absolute atomic E-state index is 0.0153. The standard InChI is InChI=1S/C52H69N5O6Si/c1-50(2,3)52(30-28-38(53)29-31-52)62-49(61)55-43-32-35(20-23-40(43)37-15-11-10-12-16-37)14-13-17-47(60)57(7)39-21-18-36(19-22-39)33-54-34-45(63-64(8,9)51(4,5)6)41-24-26-44(58)48-42(41)25-27-46(59)56-48/h10-12,15-16,18-27,32,38,45,54,58H,13-14,17,28-31,33-34,53H2,1-9H3,(H,55,61)(H,56,59)/t38-,45-,52-/m0/s1. The van der Waals surface area contributed by atoms with E-state index in [0.29, 0.717) is 43.6 Å². The second-order valence-corrected chi connectivity index (χ2v) is 24.9. The minimum atomic E-state index is -2.23. The minimum Gasteiger partial charge on any atom is -0.506 e. The fourth-order valence-corrected chi connectivity index (χ4v) is 9.65. The van der Waals surface area contributed by atoms with E-state index in [4.69, 9.17) is 14.9 Å². The van der Waals surface area contributed by atoms with Crippen molar-refractivity contribution in [3.05, 3.63) is 124 Å². The number of nitrogens with two attached hydrogens (primary N) is 1. The molecule has 1 saturated carbocycles. The third-order valence-corrected chi connectivity index (χ3v) is 18.1. The maximum atomic E-state index is 13.7. The zero-order valence-electron chi connectivity index (χ0n) is 39.3. The molecule has 1 aromatic heterocycles. The van der Waals surface area contributed by atoms with Crippen LogP contribution in [0.1, 0.15) is 103 Å². The number of aryl methyl sites for hydroxylation is 1. The second kappa shape index (κ2) is 19.9. The maximum Gasteiger partial charge on any atom is 0.412 e. The fraction of sp³-hybridized carbons (Fsp3) is 0.442. The Morgan fingerprint density at radius 3 is 2.25 bits per heavy atom. The van der Waals surface area contributed by atoms with E-state index in [0.717, 1.165) is 64.6 Å². The lowest BCUT2D eigenvalue weighted by molar-refractivity contribution is -0.118. The number of aromatic nitrogens is 1. The van der Waals surface area contributed by atoms with Crippen LogP contribution in [-0.2, 0) is 26.9 Å². The first-order chi connectivity index (χ1) is 30.2. The van der Waals surface area contributed by atoms with Crippen molar-refractivity contribution in [1.29, 1.82) is 0 Å². The zero-order valence-corrected chi connectivity index (χ0v) is 40.3. The van der Waals surface area contributed by atoms with Gasteiger partial charge < -0.3 is 35.2 Å². The number of nitrogens with zero attached hydrogens (tertiary/aromatic N) is 1. The van der Waals surface area contributed by atoms with Crippen LogP contribution in [0.4, 0.5) is 16.2 Å². The Bertz CT molecular complexity index is 2450. The highest BCUT2D eigenvalue weighted by Crippen LogP contribution is 2.45. The monoisotopic (exact) mass is 888 g/mol. The van der Waals surface area contributed by atoms with Crippen molar-refractivity contribution in [1.82, 2.24) is 10.3 Å². The summed E-state index contributed by atoms with van der Waals surface area (Å²) in [6, 6.07) is 30.9. The lowest BCUT2D eigenvalue weighted by atomic mass is 9.67. The van der Waals surface area contributed by atoms with E-state index in [1.165, 1.54) is 6.07 Å². The molecule has 0 radical (unpaired) electrons. The molecule has 0 unspecified atom stereocenters. The normalized spacial score (nSPS) is 17.5. The van der Waals surface area contributed by atoms with Gasteiger partial charge in [-0.05, 0) is 109 Å². The quantitative estimate of drug-likeness (QED) is 0.0650. The largest absolute Gasteiger partial charge is 0.506 e. The predicted molar refractivity (Wildman–Crippen MR) is 262 cm³/mol. The van der Waals surface area contributed by atoms with Gasteiger partial charge in [-0.25, -0.2) is 4.79 Å². The third kappa shape index (κ3) is 11.5. The summed E-state index contributed by atoms with van der Waals surface area (Å²) in [6.45, 7) is 18.5. The lowest BCUT2D eigenvalue weighted by Crippen LogP contribution is -2.51. The first kappa shape index (κ1) is 48.2. The van der Waals surface area contributed by atoms with Crippen molar-refractivity contribution in [3.8, 4) is 16.9 Å². The number of nitrogens with one attached hydrogen (secondary N) is 3. The summed E-state index contributed by atoms with van der Waals surface area (Å²) >= 11 is 0. The highest BCUT2D eigenvalue weighted by molar-refractivity contribution is 6.74. The van der Waals surface area contributed by atoms with Gasteiger partial charge in [-0.2, -0.15) is 0 Å². The molecule has 1 heterocycles. The summed E-state index contributed by atoms with van der Waals surface area (Å²) in [5.41, 5.74) is 11.8. The van der Waals surface area contributed by atoms with Gasteiger partial charge in [0, 0.05) is 60.7 Å². The number of phenols is 1. The summed E-state index contributed by atoms with van der Waals surface area (Å²) < 4.78 is 13.3. The zero-order chi connectivity index (χ0) is 46.5. The fourth-order valence-electron chi connectivity index (χ4n) is 8.37. The van der Waals surface area contributed by atoms with Gasteiger partial charge in [-0.15, -0.1) is 0 Å². The highest BCUT2D eigenvalue weighted by Gasteiger charge is 2.47. The molecule has 6 N–H and O–H groups in total. The molecule has 0 saturated heterocycles. The van der Waals surface area contributed by atoms with Crippen molar-refractivity contribution >= 4 is 42.6 Å². The molecule has 1 aliphatic rings. The third-order valence-electron chi connectivity index (χ3n) is 13.6. The van der Waals surface area contributed by atoms with Gasteiger partial charge in [0.05, 0.1) is 17.3 Å². The van der Waals surface area contributed by atoms with Gasteiger partial charge in [0.2, 0.25) is 11.5 Å².